The highest BCUT2D eigenvalue weighted by molar-refractivity contribution is 5.95. The van der Waals surface area contributed by atoms with Crippen LogP contribution in [-0.2, 0) is 35.2 Å². The Kier molecular flexibility index (Phi) is 11.9. The number of aliphatic hydroxyl groups excluding tert-OH is 1. The number of phenols is 1. The Morgan fingerprint density at radius 3 is 1.92 bits per heavy atom. The van der Waals surface area contributed by atoms with Crippen molar-refractivity contribution in [2.45, 2.75) is 62.9 Å². The van der Waals surface area contributed by atoms with Gasteiger partial charge in [0.1, 0.15) is 23.9 Å². The molecule has 0 saturated carbocycles. The van der Waals surface area contributed by atoms with Crippen LogP contribution < -0.4 is 33.2 Å². The van der Waals surface area contributed by atoms with Gasteiger partial charge in [-0.25, -0.2) is 4.79 Å². The van der Waals surface area contributed by atoms with E-state index in [0.717, 1.165) is 0 Å². The summed E-state index contributed by atoms with van der Waals surface area (Å²) < 4.78 is 0. The maximum Gasteiger partial charge on any atom is 0.326 e. The van der Waals surface area contributed by atoms with Crippen molar-refractivity contribution in [3.05, 3.63) is 29.8 Å². The smallest absolute Gasteiger partial charge is 0.326 e. The highest BCUT2D eigenvalue weighted by Gasteiger charge is 2.33. The summed E-state index contributed by atoms with van der Waals surface area (Å²) in [7, 11) is 0. The summed E-state index contributed by atoms with van der Waals surface area (Å²) in [6.07, 6.45) is -2.80. The van der Waals surface area contributed by atoms with E-state index in [1.807, 2.05) is 0 Å². The van der Waals surface area contributed by atoms with E-state index >= 15 is 0 Å². The first-order valence-corrected chi connectivity index (χ1v) is 11.1. The van der Waals surface area contributed by atoms with Crippen LogP contribution in [0, 0.1) is 0 Å². The van der Waals surface area contributed by atoms with Gasteiger partial charge in [0.15, 0.2) is 0 Å². The number of carbonyl (C=O) groups is 6. The average molecular weight is 525 g/mol. The standard InChI is InChI=1S/C22H32N6O9/c1-10(29)18(28-19(33)13(23)9-17(25)32)21(35)27-15(8-11-2-4-12(30)5-3-11)20(34)26-14(22(36)37)6-7-16(24)31/h2-5,10,13-15,18,29-30H,6-9,23H2,1H3,(H2,24,31)(H2,25,32)(H,26,34)(H,27,35)(H,28,33)(H,36,37). The third kappa shape index (κ3) is 10.9. The van der Waals surface area contributed by atoms with E-state index in [2.05, 4.69) is 16.0 Å². The zero-order valence-corrected chi connectivity index (χ0v) is 20.0. The van der Waals surface area contributed by atoms with Gasteiger partial charge >= 0.3 is 5.97 Å². The van der Waals surface area contributed by atoms with Crippen LogP contribution in [0.2, 0.25) is 0 Å². The normalized spacial score (nSPS) is 14.8. The SMILES string of the molecule is CC(O)C(NC(=O)C(N)CC(N)=O)C(=O)NC(Cc1ccc(O)cc1)C(=O)NC(CCC(N)=O)C(=O)O. The van der Waals surface area contributed by atoms with Gasteiger partial charge in [0.25, 0.3) is 0 Å². The monoisotopic (exact) mass is 524 g/mol. The first-order valence-electron chi connectivity index (χ1n) is 11.1. The molecule has 1 rings (SSSR count). The molecule has 0 heterocycles. The molecule has 0 radical (unpaired) electrons. The molecule has 5 unspecified atom stereocenters. The van der Waals surface area contributed by atoms with E-state index in [9.17, 15) is 44.1 Å². The highest BCUT2D eigenvalue weighted by Crippen LogP contribution is 2.12. The Balaban J connectivity index is 3.13. The van der Waals surface area contributed by atoms with E-state index in [1.165, 1.54) is 31.2 Å². The minimum atomic E-state index is -1.60. The van der Waals surface area contributed by atoms with E-state index in [0.29, 0.717) is 5.56 Å². The molecule has 5 amide bonds. The summed E-state index contributed by atoms with van der Waals surface area (Å²) in [5.74, 6) is -6.07. The number of aliphatic hydroxyl groups is 1. The number of nitrogens with one attached hydrogen (secondary N) is 3. The van der Waals surface area contributed by atoms with Crippen molar-refractivity contribution in [3.63, 3.8) is 0 Å². The number of carboxylic acid groups (broad SMARTS) is 1. The van der Waals surface area contributed by atoms with E-state index in [1.54, 1.807) is 0 Å². The molecule has 0 aliphatic carbocycles. The van der Waals surface area contributed by atoms with Crippen LogP contribution in [0.15, 0.2) is 24.3 Å². The fourth-order valence-electron chi connectivity index (χ4n) is 3.13. The molecule has 1 aromatic rings. The molecule has 1 aromatic carbocycles. The topological polar surface area (TPSA) is 277 Å². The summed E-state index contributed by atoms with van der Waals surface area (Å²) in [5.41, 5.74) is 16.1. The molecule has 0 bridgehead atoms. The Hall–Kier alpha value is -4.24. The highest BCUT2D eigenvalue weighted by atomic mass is 16.4. The third-order valence-corrected chi connectivity index (χ3v) is 5.12. The number of hydrogen-bond donors (Lipinski definition) is 9. The summed E-state index contributed by atoms with van der Waals surface area (Å²) in [6, 6.07) is -0.338. The van der Waals surface area contributed by atoms with Crippen LogP contribution >= 0.6 is 0 Å². The number of carbonyl (C=O) groups excluding carboxylic acids is 5. The van der Waals surface area contributed by atoms with Crippen LogP contribution in [0.1, 0.15) is 31.7 Å². The minimum absolute atomic E-state index is 0.0599. The van der Waals surface area contributed by atoms with Crippen molar-refractivity contribution in [2.75, 3.05) is 0 Å². The summed E-state index contributed by atoms with van der Waals surface area (Å²) >= 11 is 0. The molecule has 0 aliphatic rings. The molecule has 37 heavy (non-hydrogen) atoms. The van der Waals surface area contributed by atoms with Gasteiger partial charge in [0, 0.05) is 12.8 Å². The number of primary amides is 2. The van der Waals surface area contributed by atoms with Crippen molar-refractivity contribution >= 4 is 35.5 Å². The van der Waals surface area contributed by atoms with Crippen molar-refractivity contribution in [3.8, 4) is 5.75 Å². The number of nitrogens with two attached hydrogens (primary N) is 3. The molecule has 0 aromatic heterocycles. The summed E-state index contributed by atoms with van der Waals surface area (Å²) in [4.78, 5) is 71.8. The van der Waals surface area contributed by atoms with Crippen molar-refractivity contribution in [1.29, 1.82) is 0 Å². The zero-order chi connectivity index (χ0) is 28.3. The number of aliphatic carboxylic acids is 1. The molecule has 0 spiro atoms. The number of benzene rings is 1. The predicted molar refractivity (Wildman–Crippen MR) is 127 cm³/mol. The largest absolute Gasteiger partial charge is 0.508 e. The Morgan fingerprint density at radius 2 is 1.43 bits per heavy atom. The van der Waals surface area contributed by atoms with Gasteiger partial charge in [-0.05, 0) is 31.0 Å². The maximum absolute atomic E-state index is 13.0. The van der Waals surface area contributed by atoms with E-state index < -0.39 is 72.2 Å². The average Bonchev–Trinajstić information content (AvgIpc) is 2.79. The molecule has 15 nitrogen and oxygen atoms in total. The van der Waals surface area contributed by atoms with Crippen LogP contribution in [0.5, 0.6) is 5.75 Å². The van der Waals surface area contributed by atoms with E-state index in [4.69, 9.17) is 17.2 Å². The van der Waals surface area contributed by atoms with E-state index in [-0.39, 0.29) is 25.0 Å². The Bertz CT molecular complexity index is 999. The molecular formula is C22H32N6O9. The molecular weight excluding hydrogens is 492 g/mol. The molecule has 12 N–H and O–H groups in total. The van der Waals surface area contributed by atoms with Gasteiger partial charge < -0.3 is 48.5 Å². The second-order valence-electron chi connectivity index (χ2n) is 8.34. The lowest BCUT2D eigenvalue weighted by molar-refractivity contribution is -0.142. The van der Waals surface area contributed by atoms with Crippen LogP contribution in [0.25, 0.3) is 0 Å². The van der Waals surface area contributed by atoms with Crippen LogP contribution in [0.3, 0.4) is 0 Å². The Labute approximate surface area is 211 Å². The molecule has 15 heteroatoms. The lowest BCUT2D eigenvalue weighted by Crippen LogP contribution is -2.60. The predicted octanol–water partition coefficient (Wildman–Crippen LogP) is -3.68. The second-order valence-corrected chi connectivity index (χ2v) is 8.34. The second kappa shape index (κ2) is 14.4. The molecule has 5 atom stereocenters. The number of aromatic hydroxyl groups is 1. The molecule has 0 saturated heterocycles. The van der Waals surface area contributed by atoms with Crippen LogP contribution in [-0.4, -0.2) is 81.1 Å². The van der Waals surface area contributed by atoms with Gasteiger partial charge in [0.2, 0.25) is 29.5 Å². The molecule has 204 valence electrons. The fraction of sp³-hybridized carbons (Fsp3) is 0.455. The van der Waals surface area contributed by atoms with Gasteiger partial charge in [-0.1, -0.05) is 12.1 Å². The number of amides is 5. The molecule has 0 aliphatic heterocycles. The lowest BCUT2D eigenvalue weighted by atomic mass is 10.0. The first-order chi connectivity index (χ1) is 17.2. The Morgan fingerprint density at radius 1 is 0.865 bits per heavy atom. The first kappa shape index (κ1) is 30.8. The summed E-state index contributed by atoms with van der Waals surface area (Å²) in [6.45, 7) is 1.18. The quantitative estimate of drug-likeness (QED) is 0.108. The number of carboxylic acids is 1. The van der Waals surface area contributed by atoms with Gasteiger partial charge in [-0.3, -0.25) is 24.0 Å². The maximum atomic E-state index is 13.0. The number of hydrogen-bond acceptors (Lipinski definition) is 9. The van der Waals surface area contributed by atoms with Gasteiger partial charge in [-0.15, -0.1) is 0 Å². The van der Waals surface area contributed by atoms with Gasteiger partial charge in [-0.2, -0.15) is 0 Å². The number of phenolic OH excluding ortho intramolecular Hbond substituents is 1. The fourth-order valence-corrected chi connectivity index (χ4v) is 3.13. The van der Waals surface area contributed by atoms with Crippen LogP contribution in [0.4, 0.5) is 0 Å². The number of rotatable bonds is 15. The lowest BCUT2D eigenvalue weighted by Gasteiger charge is -2.26. The van der Waals surface area contributed by atoms with Crippen molar-refractivity contribution in [1.82, 2.24) is 16.0 Å². The minimum Gasteiger partial charge on any atom is -0.508 e. The van der Waals surface area contributed by atoms with Gasteiger partial charge in [0.05, 0.1) is 18.6 Å². The zero-order valence-electron chi connectivity index (χ0n) is 20.0. The summed E-state index contributed by atoms with van der Waals surface area (Å²) in [5, 5.41) is 35.7. The third-order valence-electron chi connectivity index (χ3n) is 5.12. The van der Waals surface area contributed by atoms with Crippen molar-refractivity contribution in [2.24, 2.45) is 17.2 Å². The van der Waals surface area contributed by atoms with Crippen molar-refractivity contribution < 1.29 is 44.1 Å². The molecule has 0 fully saturated rings.